The number of carbonyl (C=O) groups excluding carboxylic acids is 3. The van der Waals surface area contributed by atoms with Gasteiger partial charge in [-0.2, -0.15) is 26.3 Å². The van der Waals surface area contributed by atoms with Gasteiger partial charge in [0.1, 0.15) is 17.2 Å². The van der Waals surface area contributed by atoms with Crippen LogP contribution >= 0.6 is 0 Å². The second-order valence-electron chi connectivity index (χ2n) is 12.4. The molecule has 1 atom stereocenters. The number of nitrogens with zero attached hydrogens (tertiary/aromatic N) is 2. The molecule has 3 aromatic rings. The number of hydrogen-bond donors (Lipinski definition) is 2. The third-order valence-corrected chi connectivity index (χ3v) is 8.30. The first kappa shape index (κ1) is 38.1. The number of Topliss-reactive ketones (excluding diaryl/α,β-unsaturated/α-hetero) is 1. The summed E-state index contributed by atoms with van der Waals surface area (Å²) in [6.07, 6.45) is -10.4. The number of carbonyl (C=O) groups is 3. The zero-order valence-electron chi connectivity index (χ0n) is 28.2. The first-order valence-corrected chi connectivity index (χ1v) is 15.8. The zero-order chi connectivity index (χ0) is 37.4. The second-order valence-corrected chi connectivity index (χ2v) is 12.4. The maximum atomic E-state index is 13.7. The Morgan fingerprint density at radius 1 is 0.980 bits per heavy atom. The summed E-state index contributed by atoms with van der Waals surface area (Å²) in [6, 6.07) is 7.85. The van der Waals surface area contributed by atoms with Crippen LogP contribution in [0.5, 0.6) is 17.2 Å². The molecule has 15 heteroatoms. The van der Waals surface area contributed by atoms with Gasteiger partial charge in [0.25, 0.3) is 11.5 Å². The first-order chi connectivity index (χ1) is 23.2. The lowest BCUT2D eigenvalue weighted by Crippen LogP contribution is -2.54. The summed E-state index contributed by atoms with van der Waals surface area (Å²) < 4.78 is 93.7. The number of amides is 3. The number of halogens is 6. The predicted octanol–water partition coefficient (Wildman–Crippen LogP) is 7.45. The first-order valence-electron chi connectivity index (χ1n) is 15.8. The number of rotatable bonds is 12. The van der Waals surface area contributed by atoms with E-state index in [1.807, 2.05) is 13.8 Å². The fourth-order valence-corrected chi connectivity index (χ4v) is 5.69. The van der Waals surface area contributed by atoms with Gasteiger partial charge in [-0.05, 0) is 99.7 Å². The van der Waals surface area contributed by atoms with Crippen LogP contribution in [0.3, 0.4) is 0 Å². The van der Waals surface area contributed by atoms with E-state index in [2.05, 4.69) is 10.3 Å². The summed E-state index contributed by atoms with van der Waals surface area (Å²) in [5.74, 6) is -0.656. The number of hydrogen-bond acceptors (Lipinski definition) is 7. The summed E-state index contributed by atoms with van der Waals surface area (Å²) in [5, 5.41) is 12.6. The van der Waals surface area contributed by atoms with E-state index >= 15 is 0 Å². The van der Waals surface area contributed by atoms with Crippen molar-refractivity contribution in [1.29, 1.82) is 0 Å². The van der Waals surface area contributed by atoms with Crippen LogP contribution in [0.25, 0.3) is 0 Å². The maximum absolute atomic E-state index is 13.7. The van der Waals surface area contributed by atoms with E-state index in [0.29, 0.717) is 29.9 Å². The highest BCUT2D eigenvalue weighted by molar-refractivity contribution is 6.11. The summed E-state index contributed by atoms with van der Waals surface area (Å²) in [4.78, 5) is 44.7. The Hall–Kier alpha value is -4.66. The molecule has 2 N–H and O–H groups in total. The van der Waals surface area contributed by atoms with Gasteiger partial charge in [0.2, 0.25) is 0 Å². The van der Waals surface area contributed by atoms with Crippen molar-refractivity contribution in [2.24, 2.45) is 0 Å². The van der Waals surface area contributed by atoms with Crippen molar-refractivity contribution in [2.45, 2.75) is 90.4 Å². The van der Waals surface area contributed by atoms with E-state index in [-0.39, 0.29) is 52.8 Å². The third-order valence-electron chi connectivity index (χ3n) is 8.30. The van der Waals surface area contributed by atoms with Gasteiger partial charge in [0.15, 0.2) is 11.3 Å². The highest BCUT2D eigenvalue weighted by Gasteiger charge is 2.71. The quantitative estimate of drug-likeness (QED) is 0.114. The largest absolute Gasteiger partial charge is 0.489 e. The van der Waals surface area contributed by atoms with Crippen molar-refractivity contribution in [3.05, 3.63) is 82.2 Å². The number of alkyl halides is 6. The Labute approximate surface area is 284 Å². The molecule has 1 aliphatic heterocycles. The highest BCUT2D eigenvalue weighted by atomic mass is 19.4. The van der Waals surface area contributed by atoms with Gasteiger partial charge >= 0.3 is 18.4 Å². The van der Waals surface area contributed by atoms with Gasteiger partial charge in [-0.25, -0.2) is 4.79 Å². The third kappa shape index (κ3) is 7.14. The van der Waals surface area contributed by atoms with E-state index in [0.717, 1.165) is 4.90 Å². The van der Waals surface area contributed by atoms with Gasteiger partial charge in [-0.1, -0.05) is 20.3 Å². The Balaban J connectivity index is 1.59. The molecule has 0 spiro atoms. The van der Waals surface area contributed by atoms with Crippen molar-refractivity contribution in [3.63, 3.8) is 0 Å². The number of aromatic nitrogens is 1. The van der Waals surface area contributed by atoms with Crippen molar-refractivity contribution < 1.29 is 55.3 Å². The van der Waals surface area contributed by atoms with Crippen molar-refractivity contribution in [1.82, 2.24) is 15.2 Å². The van der Waals surface area contributed by atoms with Gasteiger partial charge in [-0.15, -0.1) is 0 Å². The standard InChI is InChI=1S/C35H37F6N3O6/c1-7-9-22-16-23(33(48,34(36,37)38)35(39,40)41)15-21(8-2)29(22)50-24-10-12-26(20(5)14-24)27(45)18-44-30(46)32(6,43-31(44)47)28-13-11-25(17-42-28)49-19(3)4/h10-17,19,48H,7-9,18H2,1-6H3,(H,43,47). The van der Waals surface area contributed by atoms with E-state index < -0.39 is 53.3 Å². The minimum Gasteiger partial charge on any atom is -0.489 e. The molecule has 1 aliphatic rings. The second kappa shape index (κ2) is 13.9. The van der Waals surface area contributed by atoms with Crippen LogP contribution in [0, 0.1) is 6.92 Å². The number of aliphatic hydroxyl groups is 1. The SMILES string of the molecule is CCCc1cc(C(O)(C(F)(F)F)C(F)(F)F)cc(CC)c1Oc1ccc(C(=O)CN2C(=O)NC(C)(c3ccc(OC(C)C)cn3)C2=O)c(C)c1. The number of urea groups is 1. The minimum absolute atomic E-state index is 0.00568. The summed E-state index contributed by atoms with van der Waals surface area (Å²) >= 11 is 0. The van der Waals surface area contributed by atoms with Gasteiger partial charge < -0.3 is 19.9 Å². The molecule has 1 saturated heterocycles. The number of aryl methyl sites for hydroxylation is 3. The van der Waals surface area contributed by atoms with Crippen LogP contribution in [0.15, 0.2) is 48.7 Å². The molecule has 9 nitrogen and oxygen atoms in total. The molecule has 4 rings (SSSR count). The molecule has 3 amide bonds. The summed E-state index contributed by atoms with van der Waals surface area (Å²) in [7, 11) is 0. The smallest absolute Gasteiger partial charge is 0.430 e. The molecule has 1 aromatic heterocycles. The zero-order valence-corrected chi connectivity index (χ0v) is 28.2. The van der Waals surface area contributed by atoms with E-state index in [1.54, 1.807) is 26.0 Å². The van der Waals surface area contributed by atoms with E-state index in [1.165, 1.54) is 38.2 Å². The molecule has 0 aliphatic carbocycles. The van der Waals surface area contributed by atoms with Crippen LogP contribution in [0.2, 0.25) is 0 Å². The number of nitrogens with one attached hydrogen (secondary N) is 1. The molecule has 0 bridgehead atoms. The molecule has 0 radical (unpaired) electrons. The predicted molar refractivity (Wildman–Crippen MR) is 169 cm³/mol. The molecule has 1 unspecified atom stereocenters. The number of imide groups is 1. The minimum atomic E-state index is -6.05. The number of pyridine rings is 1. The molecule has 2 heterocycles. The Morgan fingerprint density at radius 2 is 1.60 bits per heavy atom. The van der Waals surface area contributed by atoms with Crippen LogP contribution in [0.4, 0.5) is 31.1 Å². The van der Waals surface area contributed by atoms with Crippen LogP contribution in [-0.2, 0) is 28.8 Å². The van der Waals surface area contributed by atoms with Crippen molar-refractivity contribution >= 4 is 17.7 Å². The topological polar surface area (TPSA) is 118 Å². The summed E-state index contributed by atoms with van der Waals surface area (Å²) in [6.45, 7) is 9.30. The van der Waals surface area contributed by atoms with E-state index in [9.17, 15) is 45.8 Å². The Bertz CT molecular complexity index is 1760. The van der Waals surface area contributed by atoms with Gasteiger partial charge in [-0.3, -0.25) is 19.5 Å². The lowest BCUT2D eigenvalue weighted by Gasteiger charge is -2.33. The van der Waals surface area contributed by atoms with Crippen molar-refractivity contribution in [2.75, 3.05) is 6.54 Å². The molecule has 0 saturated carbocycles. The maximum Gasteiger partial charge on any atom is 0.430 e. The van der Waals surface area contributed by atoms with Crippen LogP contribution in [-0.4, -0.2) is 57.7 Å². The number of ketones is 1. The average molecular weight is 710 g/mol. The monoisotopic (exact) mass is 709 g/mol. The number of benzene rings is 2. The lowest BCUT2D eigenvalue weighted by molar-refractivity contribution is -0.376. The Kier molecular flexibility index (Phi) is 10.6. The van der Waals surface area contributed by atoms with Crippen LogP contribution < -0.4 is 14.8 Å². The lowest BCUT2D eigenvalue weighted by atomic mass is 9.87. The van der Waals surface area contributed by atoms with Gasteiger partial charge in [0.05, 0.1) is 24.5 Å². The molecule has 270 valence electrons. The molecule has 1 fully saturated rings. The highest BCUT2D eigenvalue weighted by Crippen LogP contribution is 2.51. The average Bonchev–Trinajstić information content (AvgIpc) is 3.23. The molecular weight excluding hydrogens is 672 g/mol. The van der Waals surface area contributed by atoms with Gasteiger partial charge in [0, 0.05) is 11.1 Å². The number of ether oxygens (including phenoxy) is 2. The van der Waals surface area contributed by atoms with Crippen LogP contribution in [0.1, 0.15) is 79.3 Å². The normalized spacial score (nSPS) is 17.0. The molecule has 50 heavy (non-hydrogen) atoms. The molecular formula is C35H37F6N3O6. The fraction of sp³-hybridized carbons (Fsp3) is 0.429. The summed E-state index contributed by atoms with van der Waals surface area (Å²) in [5.41, 5.74) is -7.26. The molecule has 2 aromatic carbocycles. The fourth-order valence-electron chi connectivity index (χ4n) is 5.69. The Morgan fingerprint density at radius 3 is 2.12 bits per heavy atom. The van der Waals surface area contributed by atoms with E-state index in [4.69, 9.17) is 9.47 Å². The van der Waals surface area contributed by atoms with Crippen molar-refractivity contribution in [3.8, 4) is 17.2 Å².